The predicted octanol–water partition coefficient (Wildman–Crippen LogP) is 4.47. The average Bonchev–Trinajstić information content (AvgIpc) is 3.14. The Kier molecular flexibility index (Phi) is 5.42. The molecule has 1 amide bonds. The number of carbonyl (C=O) groups excluding carboxylic acids is 1. The zero-order chi connectivity index (χ0) is 19.3. The van der Waals surface area contributed by atoms with E-state index in [9.17, 15) is 4.79 Å². The summed E-state index contributed by atoms with van der Waals surface area (Å²) in [6, 6.07) is 15.6. The lowest BCUT2D eigenvalue weighted by Gasteiger charge is -2.16. The minimum Gasteiger partial charge on any atom is -0.494 e. The van der Waals surface area contributed by atoms with Crippen LogP contribution in [0.25, 0.3) is 11.4 Å². The van der Waals surface area contributed by atoms with Crippen LogP contribution in [-0.2, 0) is 24.2 Å². The second-order valence-electron chi connectivity index (χ2n) is 7.06. The quantitative estimate of drug-likeness (QED) is 0.692. The number of ether oxygens (including phenoxy) is 1. The summed E-state index contributed by atoms with van der Waals surface area (Å²) in [6.07, 6.45) is 5.87. The van der Waals surface area contributed by atoms with Crippen molar-refractivity contribution in [1.82, 2.24) is 9.55 Å². The molecule has 1 aliphatic heterocycles. The summed E-state index contributed by atoms with van der Waals surface area (Å²) < 4.78 is 7.74. The highest BCUT2D eigenvalue weighted by atomic mass is 16.5. The van der Waals surface area contributed by atoms with E-state index in [1.807, 2.05) is 61.7 Å². The summed E-state index contributed by atoms with van der Waals surface area (Å²) in [7, 11) is 0. The van der Waals surface area contributed by atoms with Crippen molar-refractivity contribution in [3.8, 4) is 17.1 Å². The number of imidazole rings is 1. The molecular weight excluding hydrogens is 350 g/mol. The summed E-state index contributed by atoms with van der Waals surface area (Å²) in [5, 5.41) is 2.97. The van der Waals surface area contributed by atoms with Crippen LogP contribution in [0.1, 0.15) is 31.0 Å². The second-order valence-corrected chi connectivity index (χ2v) is 7.06. The number of aromatic nitrogens is 2. The molecule has 1 N–H and O–H groups in total. The molecule has 4 rings (SSSR count). The summed E-state index contributed by atoms with van der Waals surface area (Å²) in [5.74, 6) is 1.81. The molecule has 5 heteroatoms. The highest BCUT2D eigenvalue weighted by Gasteiger charge is 2.15. The molecule has 0 aliphatic carbocycles. The minimum absolute atomic E-state index is 0.0323. The molecule has 1 aliphatic rings. The summed E-state index contributed by atoms with van der Waals surface area (Å²) in [4.78, 5) is 16.9. The first kappa shape index (κ1) is 18.3. The number of rotatable bonds is 6. The van der Waals surface area contributed by atoms with Gasteiger partial charge in [0.15, 0.2) is 0 Å². The van der Waals surface area contributed by atoms with Crippen LogP contribution < -0.4 is 10.1 Å². The Labute approximate surface area is 165 Å². The molecule has 2 heterocycles. The average molecular weight is 375 g/mol. The number of nitrogens with zero attached hydrogens (tertiary/aromatic N) is 2. The van der Waals surface area contributed by atoms with Crippen molar-refractivity contribution < 1.29 is 9.53 Å². The van der Waals surface area contributed by atoms with Crippen LogP contribution in [0.2, 0.25) is 0 Å². The number of anilines is 1. The molecule has 0 spiro atoms. The van der Waals surface area contributed by atoms with Gasteiger partial charge in [-0.15, -0.1) is 0 Å². The SMILES string of the molecule is CCOc1ccc(CC(=O)Nc2ccc(-c3ncc4n3CCCC4)cc2)cc1. The predicted molar refractivity (Wildman–Crippen MR) is 111 cm³/mol. The van der Waals surface area contributed by atoms with Crippen molar-refractivity contribution in [3.05, 3.63) is 66.0 Å². The number of fused-ring (bicyclic) bond motifs is 1. The normalized spacial score (nSPS) is 13.0. The Hall–Kier alpha value is -3.08. The van der Waals surface area contributed by atoms with Crippen LogP contribution in [0.15, 0.2) is 54.7 Å². The molecule has 2 aromatic carbocycles. The summed E-state index contributed by atoms with van der Waals surface area (Å²) >= 11 is 0. The van der Waals surface area contributed by atoms with Gasteiger partial charge in [0.1, 0.15) is 11.6 Å². The fourth-order valence-electron chi connectivity index (χ4n) is 3.63. The maximum absolute atomic E-state index is 12.3. The van der Waals surface area contributed by atoms with Crippen LogP contribution >= 0.6 is 0 Å². The van der Waals surface area contributed by atoms with Crippen molar-refractivity contribution in [1.29, 1.82) is 0 Å². The third-order valence-corrected chi connectivity index (χ3v) is 5.03. The van der Waals surface area contributed by atoms with E-state index >= 15 is 0 Å². The van der Waals surface area contributed by atoms with Gasteiger partial charge in [0.2, 0.25) is 5.91 Å². The first-order chi connectivity index (χ1) is 13.7. The van der Waals surface area contributed by atoms with Crippen molar-refractivity contribution >= 4 is 11.6 Å². The maximum Gasteiger partial charge on any atom is 0.228 e. The standard InChI is InChI=1S/C23H25N3O2/c1-2-28-21-12-6-17(7-13-21)15-22(27)25-19-10-8-18(9-11-19)23-24-16-20-5-3-4-14-26(20)23/h6-13,16H,2-5,14-15H2,1H3,(H,25,27). The molecule has 0 saturated carbocycles. The van der Waals surface area contributed by atoms with Gasteiger partial charge < -0.3 is 14.6 Å². The van der Waals surface area contributed by atoms with Crippen LogP contribution in [0.5, 0.6) is 5.75 Å². The van der Waals surface area contributed by atoms with Gasteiger partial charge >= 0.3 is 0 Å². The third kappa shape index (κ3) is 4.09. The lowest BCUT2D eigenvalue weighted by Crippen LogP contribution is -2.14. The van der Waals surface area contributed by atoms with Gasteiger partial charge in [0.25, 0.3) is 0 Å². The first-order valence-corrected chi connectivity index (χ1v) is 9.89. The molecule has 28 heavy (non-hydrogen) atoms. The van der Waals surface area contributed by atoms with Gasteiger partial charge in [-0.25, -0.2) is 4.98 Å². The number of nitrogens with one attached hydrogen (secondary N) is 1. The molecule has 0 bridgehead atoms. The van der Waals surface area contributed by atoms with Gasteiger partial charge in [-0.05, 0) is 68.1 Å². The van der Waals surface area contributed by atoms with Gasteiger partial charge in [-0.2, -0.15) is 0 Å². The van der Waals surface area contributed by atoms with Gasteiger partial charge in [0.05, 0.1) is 13.0 Å². The molecule has 3 aromatic rings. The molecule has 0 fully saturated rings. The Morgan fingerprint density at radius 3 is 2.64 bits per heavy atom. The Morgan fingerprint density at radius 2 is 1.89 bits per heavy atom. The maximum atomic E-state index is 12.3. The van der Waals surface area contributed by atoms with Crippen molar-refractivity contribution in [2.45, 2.75) is 39.2 Å². The lowest BCUT2D eigenvalue weighted by atomic mass is 10.1. The summed E-state index contributed by atoms with van der Waals surface area (Å²) in [6.45, 7) is 3.62. The highest BCUT2D eigenvalue weighted by molar-refractivity contribution is 5.92. The summed E-state index contributed by atoms with van der Waals surface area (Å²) in [5.41, 5.74) is 4.15. The van der Waals surface area contributed by atoms with Crippen LogP contribution in [-0.4, -0.2) is 22.1 Å². The number of hydrogen-bond acceptors (Lipinski definition) is 3. The molecule has 0 saturated heterocycles. The molecule has 0 atom stereocenters. The highest BCUT2D eigenvalue weighted by Crippen LogP contribution is 2.25. The number of amides is 1. The van der Waals surface area contributed by atoms with Crippen LogP contribution in [0, 0.1) is 0 Å². The van der Waals surface area contributed by atoms with E-state index in [1.165, 1.54) is 18.5 Å². The Bertz CT molecular complexity index is 943. The van der Waals surface area contributed by atoms with Crippen molar-refractivity contribution in [2.75, 3.05) is 11.9 Å². The van der Waals surface area contributed by atoms with Crippen molar-refractivity contribution in [3.63, 3.8) is 0 Å². The van der Waals surface area contributed by atoms with Crippen LogP contribution in [0.4, 0.5) is 5.69 Å². The fourth-order valence-corrected chi connectivity index (χ4v) is 3.63. The largest absolute Gasteiger partial charge is 0.494 e. The van der Waals surface area contributed by atoms with Crippen molar-refractivity contribution in [2.24, 2.45) is 0 Å². The molecule has 0 unspecified atom stereocenters. The number of hydrogen-bond donors (Lipinski definition) is 1. The topological polar surface area (TPSA) is 56.1 Å². The van der Waals surface area contributed by atoms with Gasteiger partial charge in [-0.1, -0.05) is 12.1 Å². The monoisotopic (exact) mass is 375 g/mol. The van der Waals surface area contributed by atoms with E-state index in [-0.39, 0.29) is 5.91 Å². The third-order valence-electron chi connectivity index (χ3n) is 5.03. The molecule has 1 aromatic heterocycles. The van der Waals surface area contributed by atoms with Crippen LogP contribution in [0.3, 0.4) is 0 Å². The molecule has 5 nitrogen and oxygen atoms in total. The smallest absolute Gasteiger partial charge is 0.228 e. The van der Waals surface area contributed by atoms with E-state index in [1.54, 1.807) is 0 Å². The Balaban J connectivity index is 1.39. The van der Waals surface area contributed by atoms with E-state index in [2.05, 4.69) is 14.9 Å². The zero-order valence-corrected chi connectivity index (χ0v) is 16.1. The minimum atomic E-state index is -0.0323. The van der Waals surface area contributed by atoms with E-state index in [4.69, 9.17) is 4.74 Å². The van der Waals surface area contributed by atoms with Gasteiger partial charge in [-0.3, -0.25) is 4.79 Å². The number of aryl methyl sites for hydroxylation is 1. The van der Waals surface area contributed by atoms with E-state index in [0.717, 1.165) is 41.4 Å². The molecular formula is C23H25N3O2. The Morgan fingerprint density at radius 1 is 1.11 bits per heavy atom. The molecule has 144 valence electrons. The zero-order valence-electron chi connectivity index (χ0n) is 16.1. The first-order valence-electron chi connectivity index (χ1n) is 9.89. The molecule has 0 radical (unpaired) electrons. The van der Waals surface area contributed by atoms with E-state index < -0.39 is 0 Å². The fraction of sp³-hybridized carbons (Fsp3) is 0.304. The number of benzene rings is 2. The van der Waals surface area contributed by atoms with E-state index in [0.29, 0.717) is 13.0 Å². The lowest BCUT2D eigenvalue weighted by molar-refractivity contribution is -0.115. The second kappa shape index (κ2) is 8.30. The van der Waals surface area contributed by atoms with Gasteiger partial charge in [0, 0.05) is 29.7 Å². The number of carbonyl (C=O) groups is 1.